The lowest BCUT2D eigenvalue weighted by atomic mass is 10.1. The van der Waals surface area contributed by atoms with Crippen molar-refractivity contribution in [1.82, 2.24) is 4.90 Å². The van der Waals surface area contributed by atoms with Gasteiger partial charge in [-0.25, -0.2) is 4.79 Å². The molecule has 1 rings (SSSR count). The molecule has 1 fully saturated rings. The average molecular weight is 267 g/mol. The van der Waals surface area contributed by atoms with Crippen molar-refractivity contribution in [2.24, 2.45) is 0 Å². The van der Waals surface area contributed by atoms with Gasteiger partial charge in [0.05, 0.1) is 0 Å². The fraction of sp³-hybridized carbons (Fsp3) is 0.778. The fourth-order valence-electron chi connectivity index (χ4n) is 1.87. The van der Waals surface area contributed by atoms with Crippen LogP contribution in [0.2, 0.25) is 0 Å². The maximum atomic E-state index is 12.7. The summed E-state index contributed by atoms with van der Waals surface area (Å²) in [4.78, 5) is 23.4. The first kappa shape index (κ1) is 13.9. The maximum Gasteiger partial charge on any atom is 0.326 e. The summed E-state index contributed by atoms with van der Waals surface area (Å²) in [6, 6.07) is -1.07. The first-order valence-corrected chi connectivity index (χ1v) is 6.67. The number of rotatable bonds is 5. The third kappa shape index (κ3) is 3.15. The number of aliphatic carboxylic acids is 1. The molecule has 1 heterocycles. The molecule has 1 N–H and O–H groups in total. The van der Waals surface area contributed by atoms with E-state index < -0.39 is 39.8 Å². The summed E-state index contributed by atoms with van der Waals surface area (Å²) in [6.45, 7) is 1.37. The highest BCUT2D eigenvalue weighted by Crippen LogP contribution is 2.23. The lowest BCUT2D eigenvalue weighted by Crippen LogP contribution is -2.42. The molecule has 17 heavy (non-hydrogen) atoms. The molecule has 1 amide bonds. The van der Waals surface area contributed by atoms with Gasteiger partial charge in [-0.3, -0.25) is 4.79 Å². The highest BCUT2D eigenvalue weighted by Gasteiger charge is 2.42. The minimum atomic E-state index is -4.80. The highest BCUT2D eigenvalue weighted by molar-refractivity contribution is 7.87. The van der Waals surface area contributed by atoms with Crippen LogP contribution < -0.4 is 0 Å². The average Bonchev–Trinajstić information content (AvgIpc) is 2.55. The number of carbonyl (C=O) groups excluding carboxylic acids is 1. The molecular formula is C9H14FNO5S. The van der Waals surface area contributed by atoms with Crippen molar-refractivity contribution in [2.45, 2.75) is 37.5 Å². The molecule has 0 saturated carbocycles. The molecule has 0 aromatic carbocycles. The molecule has 0 bridgehead atoms. The monoisotopic (exact) mass is 267 g/mol. The molecule has 0 aliphatic carbocycles. The van der Waals surface area contributed by atoms with Crippen LogP contribution in [0.15, 0.2) is 0 Å². The van der Waals surface area contributed by atoms with Gasteiger partial charge in [-0.05, 0) is 6.42 Å². The van der Waals surface area contributed by atoms with Crippen molar-refractivity contribution >= 4 is 22.1 Å². The minimum Gasteiger partial charge on any atom is -0.480 e. The Kier molecular flexibility index (Phi) is 4.07. The highest BCUT2D eigenvalue weighted by atomic mass is 32.3. The number of amides is 1. The third-order valence-corrected chi connectivity index (χ3v) is 3.86. The Balaban J connectivity index is 2.85. The van der Waals surface area contributed by atoms with Crippen molar-refractivity contribution in [3.05, 3.63) is 0 Å². The quantitative estimate of drug-likeness (QED) is 0.715. The summed E-state index contributed by atoms with van der Waals surface area (Å²) in [5, 5.41) is 7.50. The topological polar surface area (TPSA) is 91.8 Å². The van der Waals surface area contributed by atoms with Gasteiger partial charge in [-0.2, -0.15) is 8.42 Å². The maximum absolute atomic E-state index is 12.7. The standard InChI is InChI=1S/C9H14FNO5S/c1-2-3-7(9(13)14)11-5-6(4-8(11)12)17(10,15)16/h6-7H,2-5H2,1H3,(H,13,14). The first-order chi connectivity index (χ1) is 7.77. The Morgan fingerprint density at radius 1 is 1.65 bits per heavy atom. The molecule has 0 radical (unpaired) electrons. The predicted octanol–water partition coefficient (Wildman–Crippen LogP) is 0.140. The summed E-state index contributed by atoms with van der Waals surface area (Å²) in [7, 11) is -4.80. The second-order valence-corrected chi connectivity index (χ2v) is 5.61. The Hall–Kier alpha value is -1.18. The third-order valence-electron chi connectivity index (χ3n) is 2.74. The second-order valence-electron chi connectivity index (χ2n) is 3.99. The van der Waals surface area contributed by atoms with Crippen LogP contribution >= 0.6 is 0 Å². The van der Waals surface area contributed by atoms with E-state index >= 15 is 0 Å². The van der Waals surface area contributed by atoms with Crippen LogP contribution in [-0.4, -0.2) is 48.1 Å². The lowest BCUT2D eigenvalue weighted by Gasteiger charge is -2.23. The minimum absolute atomic E-state index is 0.222. The number of carboxylic acids is 1. The zero-order valence-corrected chi connectivity index (χ0v) is 10.1. The zero-order valence-electron chi connectivity index (χ0n) is 9.30. The van der Waals surface area contributed by atoms with Gasteiger partial charge >= 0.3 is 16.2 Å². The number of hydrogen-bond donors (Lipinski definition) is 1. The summed E-state index contributed by atoms with van der Waals surface area (Å²) >= 11 is 0. The van der Waals surface area contributed by atoms with Gasteiger partial charge in [-0.15, -0.1) is 3.89 Å². The SMILES string of the molecule is CCCC(C(=O)O)N1CC(S(=O)(=O)F)CC1=O. The number of likely N-dealkylation sites (tertiary alicyclic amines) is 1. The van der Waals surface area contributed by atoms with Crippen LogP contribution in [-0.2, 0) is 19.8 Å². The van der Waals surface area contributed by atoms with Crippen molar-refractivity contribution < 1.29 is 27.0 Å². The van der Waals surface area contributed by atoms with Crippen molar-refractivity contribution in [3.63, 3.8) is 0 Å². The second kappa shape index (κ2) is 4.99. The molecule has 2 unspecified atom stereocenters. The van der Waals surface area contributed by atoms with Crippen LogP contribution in [0.1, 0.15) is 26.2 Å². The number of carboxylic acid groups (broad SMARTS) is 1. The lowest BCUT2D eigenvalue weighted by molar-refractivity contribution is -0.148. The molecule has 0 aromatic rings. The first-order valence-electron chi connectivity index (χ1n) is 5.23. The van der Waals surface area contributed by atoms with E-state index in [1.165, 1.54) is 0 Å². The number of carbonyl (C=O) groups is 2. The summed E-state index contributed by atoms with van der Waals surface area (Å²) in [5.41, 5.74) is 0. The van der Waals surface area contributed by atoms with Gasteiger partial charge in [0, 0.05) is 13.0 Å². The Morgan fingerprint density at radius 3 is 2.59 bits per heavy atom. The summed E-state index contributed by atoms with van der Waals surface area (Å²) in [6.07, 6.45) is 0.278. The smallest absolute Gasteiger partial charge is 0.326 e. The van der Waals surface area contributed by atoms with E-state index in [0.717, 1.165) is 4.90 Å². The van der Waals surface area contributed by atoms with E-state index in [9.17, 15) is 21.9 Å². The molecule has 0 spiro atoms. The van der Waals surface area contributed by atoms with E-state index in [0.29, 0.717) is 6.42 Å². The van der Waals surface area contributed by atoms with Crippen LogP contribution in [0.4, 0.5) is 3.89 Å². The Bertz CT molecular complexity index is 421. The van der Waals surface area contributed by atoms with Crippen LogP contribution in [0.3, 0.4) is 0 Å². The van der Waals surface area contributed by atoms with E-state index in [1.807, 2.05) is 0 Å². The summed E-state index contributed by atoms with van der Waals surface area (Å²) in [5.74, 6) is -1.82. The van der Waals surface area contributed by atoms with Crippen molar-refractivity contribution in [2.75, 3.05) is 6.54 Å². The molecule has 98 valence electrons. The van der Waals surface area contributed by atoms with Gasteiger partial charge in [-0.1, -0.05) is 13.3 Å². The van der Waals surface area contributed by atoms with E-state index in [2.05, 4.69) is 0 Å². The zero-order chi connectivity index (χ0) is 13.2. The van der Waals surface area contributed by atoms with Crippen LogP contribution in [0.25, 0.3) is 0 Å². The summed E-state index contributed by atoms with van der Waals surface area (Å²) < 4.78 is 34.1. The van der Waals surface area contributed by atoms with E-state index in [1.54, 1.807) is 6.92 Å². The molecule has 6 nitrogen and oxygen atoms in total. The number of nitrogens with zero attached hydrogens (tertiary/aromatic N) is 1. The fourth-order valence-corrected chi connectivity index (χ4v) is 2.55. The molecular weight excluding hydrogens is 253 g/mol. The molecule has 1 aliphatic heterocycles. The Morgan fingerprint density at radius 2 is 2.24 bits per heavy atom. The molecule has 0 aromatic heterocycles. The van der Waals surface area contributed by atoms with Gasteiger partial charge in [0.15, 0.2) is 0 Å². The largest absolute Gasteiger partial charge is 0.480 e. The van der Waals surface area contributed by atoms with E-state index in [4.69, 9.17) is 5.11 Å². The van der Waals surface area contributed by atoms with Crippen molar-refractivity contribution in [1.29, 1.82) is 0 Å². The number of halogens is 1. The van der Waals surface area contributed by atoms with Gasteiger partial charge < -0.3 is 10.0 Å². The Labute approximate surface area is 98.6 Å². The molecule has 8 heteroatoms. The molecule has 1 saturated heterocycles. The van der Waals surface area contributed by atoms with E-state index in [-0.39, 0.29) is 13.0 Å². The van der Waals surface area contributed by atoms with Crippen molar-refractivity contribution in [3.8, 4) is 0 Å². The van der Waals surface area contributed by atoms with Crippen LogP contribution in [0, 0.1) is 0 Å². The number of hydrogen-bond acceptors (Lipinski definition) is 4. The van der Waals surface area contributed by atoms with Gasteiger partial charge in [0.25, 0.3) is 0 Å². The van der Waals surface area contributed by atoms with Gasteiger partial charge in [0.2, 0.25) is 5.91 Å². The van der Waals surface area contributed by atoms with Gasteiger partial charge in [0.1, 0.15) is 11.3 Å². The normalized spacial score (nSPS) is 22.8. The molecule has 1 aliphatic rings. The van der Waals surface area contributed by atoms with Crippen LogP contribution in [0.5, 0.6) is 0 Å². The molecule has 2 atom stereocenters. The predicted molar refractivity (Wildman–Crippen MR) is 56.5 cm³/mol.